The molecule has 1 fully saturated rings. The van der Waals surface area contributed by atoms with E-state index in [0.717, 1.165) is 32.4 Å². The third kappa shape index (κ3) is 4.50. The summed E-state index contributed by atoms with van der Waals surface area (Å²) in [5.74, 6) is 0. The van der Waals surface area contributed by atoms with Crippen LogP contribution in [0.15, 0.2) is 60.7 Å². The fourth-order valence-electron chi connectivity index (χ4n) is 4.26. The van der Waals surface area contributed by atoms with Gasteiger partial charge >= 0.3 is 0 Å². The highest BCUT2D eigenvalue weighted by molar-refractivity contribution is 5.27. The third-order valence-corrected chi connectivity index (χ3v) is 5.58. The normalized spacial score (nSPS) is 24.0. The number of ether oxygens (including phenoxy) is 1. The Morgan fingerprint density at radius 3 is 2.28 bits per heavy atom. The summed E-state index contributed by atoms with van der Waals surface area (Å²) in [6.45, 7) is 8.56. The third-order valence-electron chi connectivity index (χ3n) is 5.58. The average molecular weight is 338 g/mol. The van der Waals surface area contributed by atoms with E-state index in [1.807, 2.05) is 0 Å². The van der Waals surface area contributed by atoms with Crippen LogP contribution in [0, 0.1) is 0 Å². The minimum Gasteiger partial charge on any atom is -0.376 e. The van der Waals surface area contributed by atoms with Crippen LogP contribution in [0.2, 0.25) is 0 Å². The molecule has 0 spiro atoms. The smallest absolute Gasteiger partial charge is 0.0635 e. The van der Waals surface area contributed by atoms with Crippen molar-refractivity contribution in [2.45, 2.75) is 57.1 Å². The molecule has 2 nitrogen and oxygen atoms in total. The number of hydrogen-bond donors (Lipinski definition) is 1. The molecule has 2 aromatic carbocycles. The zero-order valence-corrected chi connectivity index (χ0v) is 15.8. The minimum atomic E-state index is -0.0564. The maximum atomic E-state index is 6.02. The topological polar surface area (TPSA) is 21.3 Å². The van der Waals surface area contributed by atoms with Crippen LogP contribution in [0.5, 0.6) is 0 Å². The lowest BCUT2D eigenvalue weighted by Crippen LogP contribution is -2.45. The fourth-order valence-corrected chi connectivity index (χ4v) is 4.26. The lowest BCUT2D eigenvalue weighted by molar-refractivity contribution is -0.0840. The average Bonchev–Trinajstić information content (AvgIpc) is 2.62. The largest absolute Gasteiger partial charge is 0.376 e. The molecule has 2 atom stereocenters. The van der Waals surface area contributed by atoms with Gasteiger partial charge in [-0.1, -0.05) is 60.7 Å². The van der Waals surface area contributed by atoms with Crippen molar-refractivity contribution in [3.8, 4) is 0 Å². The lowest BCUT2D eigenvalue weighted by Gasteiger charge is -2.45. The Labute approximate surface area is 152 Å². The van der Waals surface area contributed by atoms with E-state index in [4.69, 9.17) is 4.74 Å². The van der Waals surface area contributed by atoms with Crippen LogP contribution in [0.3, 0.4) is 0 Å². The molecular formula is C23H31NO. The van der Waals surface area contributed by atoms with Crippen LogP contribution >= 0.6 is 0 Å². The predicted octanol–water partition coefficient (Wildman–Crippen LogP) is 5.25. The standard InChI is InChI=1S/C23H31NO/c1-19(20-10-6-4-7-11-20)24-16-14-23(21-12-8-5-9-13-21)15-17-25-22(2,3)18-23/h4-13,19,24H,14-18H2,1-3H3/t19-,23+/m1/s1. The number of benzene rings is 2. The van der Waals surface area contributed by atoms with Gasteiger partial charge in [-0.25, -0.2) is 0 Å². The highest BCUT2D eigenvalue weighted by Gasteiger charge is 2.41. The van der Waals surface area contributed by atoms with Gasteiger partial charge in [-0.05, 0) is 57.7 Å². The second-order valence-corrected chi connectivity index (χ2v) is 8.02. The first-order chi connectivity index (χ1) is 12.0. The minimum absolute atomic E-state index is 0.0564. The van der Waals surface area contributed by atoms with E-state index >= 15 is 0 Å². The first-order valence-corrected chi connectivity index (χ1v) is 9.49. The van der Waals surface area contributed by atoms with E-state index in [9.17, 15) is 0 Å². The van der Waals surface area contributed by atoms with Gasteiger partial charge in [-0.2, -0.15) is 0 Å². The number of nitrogens with one attached hydrogen (secondary N) is 1. The van der Waals surface area contributed by atoms with Crippen LogP contribution in [0.25, 0.3) is 0 Å². The predicted molar refractivity (Wildman–Crippen MR) is 105 cm³/mol. The van der Waals surface area contributed by atoms with Crippen LogP contribution < -0.4 is 5.32 Å². The van der Waals surface area contributed by atoms with Gasteiger partial charge in [0.1, 0.15) is 0 Å². The van der Waals surface area contributed by atoms with Gasteiger partial charge in [0, 0.05) is 18.1 Å². The van der Waals surface area contributed by atoms with Crippen molar-refractivity contribution in [2.24, 2.45) is 0 Å². The molecule has 25 heavy (non-hydrogen) atoms. The Morgan fingerprint density at radius 1 is 1.00 bits per heavy atom. The van der Waals surface area contributed by atoms with Crippen molar-refractivity contribution in [3.05, 3.63) is 71.8 Å². The molecule has 0 aliphatic carbocycles. The molecule has 0 saturated carbocycles. The van der Waals surface area contributed by atoms with Gasteiger partial charge in [-0.15, -0.1) is 0 Å². The molecule has 1 saturated heterocycles. The van der Waals surface area contributed by atoms with Crippen LogP contribution in [0.1, 0.15) is 57.2 Å². The Morgan fingerprint density at radius 2 is 1.64 bits per heavy atom. The van der Waals surface area contributed by atoms with Crippen molar-refractivity contribution >= 4 is 0 Å². The van der Waals surface area contributed by atoms with Gasteiger partial charge in [0.05, 0.1) is 5.60 Å². The summed E-state index contributed by atoms with van der Waals surface area (Å²) >= 11 is 0. The molecule has 1 aliphatic heterocycles. The Hall–Kier alpha value is -1.64. The highest BCUT2D eigenvalue weighted by atomic mass is 16.5. The summed E-state index contributed by atoms with van der Waals surface area (Å²) in [4.78, 5) is 0. The molecule has 3 rings (SSSR count). The summed E-state index contributed by atoms with van der Waals surface area (Å²) < 4.78 is 6.02. The Bertz CT molecular complexity index is 652. The zero-order chi connectivity index (χ0) is 17.8. The zero-order valence-electron chi connectivity index (χ0n) is 15.8. The molecule has 0 aromatic heterocycles. The van der Waals surface area contributed by atoms with Gasteiger partial charge < -0.3 is 10.1 Å². The lowest BCUT2D eigenvalue weighted by atomic mass is 9.67. The van der Waals surface area contributed by atoms with Crippen LogP contribution in [0.4, 0.5) is 0 Å². The Balaban J connectivity index is 1.71. The molecule has 1 N–H and O–H groups in total. The summed E-state index contributed by atoms with van der Waals surface area (Å²) in [6, 6.07) is 22.1. The summed E-state index contributed by atoms with van der Waals surface area (Å²) in [5.41, 5.74) is 2.95. The molecule has 0 bridgehead atoms. The van der Waals surface area contributed by atoms with Gasteiger partial charge in [0.2, 0.25) is 0 Å². The van der Waals surface area contributed by atoms with E-state index in [1.54, 1.807) is 0 Å². The fraction of sp³-hybridized carbons (Fsp3) is 0.478. The molecule has 0 radical (unpaired) electrons. The first-order valence-electron chi connectivity index (χ1n) is 9.49. The van der Waals surface area contributed by atoms with Crippen LogP contribution in [-0.4, -0.2) is 18.8 Å². The summed E-state index contributed by atoms with van der Waals surface area (Å²) in [5, 5.41) is 3.73. The summed E-state index contributed by atoms with van der Waals surface area (Å²) in [7, 11) is 0. The van der Waals surface area contributed by atoms with Crippen molar-refractivity contribution in [3.63, 3.8) is 0 Å². The molecule has 0 amide bonds. The molecule has 134 valence electrons. The molecule has 0 unspecified atom stereocenters. The maximum absolute atomic E-state index is 6.02. The van der Waals surface area contributed by atoms with E-state index in [2.05, 4.69) is 86.8 Å². The van der Waals surface area contributed by atoms with E-state index in [1.165, 1.54) is 11.1 Å². The van der Waals surface area contributed by atoms with Gasteiger partial charge in [0.25, 0.3) is 0 Å². The second-order valence-electron chi connectivity index (χ2n) is 8.02. The van der Waals surface area contributed by atoms with Crippen molar-refractivity contribution in [1.29, 1.82) is 0 Å². The quantitative estimate of drug-likeness (QED) is 0.777. The molecule has 1 aliphatic rings. The molecule has 2 heteroatoms. The molecular weight excluding hydrogens is 306 g/mol. The molecule has 2 aromatic rings. The maximum Gasteiger partial charge on any atom is 0.0635 e. The van der Waals surface area contributed by atoms with Gasteiger partial charge in [-0.3, -0.25) is 0 Å². The van der Waals surface area contributed by atoms with Gasteiger partial charge in [0.15, 0.2) is 0 Å². The van der Waals surface area contributed by atoms with E-state index in [0.29, 0.717) is 6.04 Å². The SMILES string of the molecule is C[C@@H](NCC[C@]1(c2ccccc2)CCOC(C)(C)C1)c1ccccc1. The van der Waals surface area contributed by atoms with E-state index < -0.39 is 0 Å². The van der Waals surface area contributed by atoms with E-state index in [-0.39, 0.29) is 11.0 Å². The number of rotatable bonds is 6. The monoisotopic (exact) mass is 337 g/mol. The summed E-state index contributed by atoms with van der Waals surface area (Å²) in [6.07, 6.45) is 3.31. The second kappa shape index (κ2) is 7.72. The van der Waals surface area contributed by atoms with Crippen molar-refractivity contribution in [2.75, 3.05) is 13.2 Å². The van der Waals surface area contributed by atoms with Crippen molar-refractivity contribution in [1.82, 2.24) is 5.32 Å². The van der Waals surface area contributed by atoms with Crippen molar-refractivity contribution < 1.29 is 4.74 Å². The Kier molecular flexibility index (Phi) is 5.61. The first kappa shape index (κ1) is 18.2. The van der Waals surface area contributed by atoms with Crippen LogP contribution in [-0.2, 0) is 10.2 Å². The highest BCUT2D eigenvalue weighted by Crippen LogP contribution is 2.43. The number of hydrogen-bond acceptors (Lipinski definition) is 2. The molecule has 1 heterocycles.